The van der Waals surface area contributed by atoms with Gasteiger partial charge in [0.1, 0.15) is 0 Å². The van der Waals surface area contributed by atoms with Gasteiger partial charge in [0.05, 0.1) is 0 Å². The molecule has 0 bridgehead atoms. The van der Waals surface area contributed by atoms with Crippen molar-refractivity contribution < 1.29 is 9.90 Å². The lowest BCUT2D eigenvalue weighted by atomic mass is 9.67. The third-order valence-electron chi connectivity index (χ3n) is 5.74. The van der Waals surface area contributed by atoms with Crippen molar-refractivity contribution in [3.05, 3.63) is 0 Å². The van der Waals surface area contributed by atoms with Gasteiger partial charge in [0.15, 0.2) is 0 Å². The summed E-state index contributed by atoms with van der Waals surface area (Å²) < 4.78 is 0. The highest BCUT2D eigenvalue weighted by Gasteiger charge is 2.37. The van der Waals surface area contributed by atoms with Gasteiger partial charge in [0.2, 0.25) is 5.91 Å². The van der Waals surface area contributed by atoms with Crippen LogP contribution >= 0.6 is 0 Å². The highest BCUT2D eigenvalue weighted by Crippen LogP contribution is 2.43. The Morgan fingerprint density at radius 1 is 1.05 bits per heavy atom. The van der Waals surface area contributed by atoms with Crippen molar-refractivity contribution in [2.24, 2.45) is 23.7 Å². The van der Waals surface area contributed by atoms with Crippen LogP contribution in [0.1, 0.15) is 51.4 Å². The number of fused-ring (bicyclic) bond motifs is 1. The van der Waals surface area contributed by atoms with Gasteiger partial charge in [-0.3, -0.25) is 4.79 Å². The van der Waals surface area contributed by atoms with Crippen LogP contribution in [-0.4, -0.2) is 35.6 Å². The number of hydrogen-bond donors (Lipinski definition) is 1. The normalized spacial score (nSPS) is 39.1. The lowest BCUT2D eigenvalue weighted by Crippen LogP contribution is -2.39. The molecule has 3 heteroatoms. The Kier molecular flexibility index (Phi) is 4.11. The van der Waals surface area contributed by atoms with E-state index in [1.807, 2.05) is 4.90 Å². The number of aliphatic hydroxyl groups excluding tert-OH is 1. The maximum Gasteiger partial charge on any atom is 0.225 e. The van der Waals surface area contributed by atoms with Crippen LogP contribution in [0, 0.1) is 23.7 Å². The smallest absolute Gasteiger partial charge is 0.225 e. The molecule has 0 radical (unpaired) electrons. The summed E-state index contributed by atoms with van der Waals surface area (Å²) in [5.41, 5.74) is 0. The summed E-state index contributed by atoms with van der Waals surface area (Å²) in [5, 5.41) is 9.19. The Morgan fingerprint density at radius 2 is 1.84 bits per heavy atom. The number of likely N-dealkylation sites (tertiary alicyclic amines) is 1. The van der Waals surface area contributed by atoms with E-state index in [9.17, 15) is 9.90 Å². The molecule has 1 heterocycles. The zero-order valence-corrected chi connectivity index (χ0v) is 11.9. The van der Waals surface area contributed by atoms with E-state index < -0.39 is 0 Å². The third kappa shape index (κ3) is 2.81. The number of hydrogen-bond acceptors (Lipinski definition) is 2. The molecular formula is C16H27NO2. The number of amides is 1. The fourth-order valence-corrected chi connectivity index (χ4v) is 4.54. The van der Waals surface area contributed by atoms with Gasteiger partial charge in [-0.1, -0.05) is 25.7 Å². The van der Waals surface area contributed by atoms with Crippen LogP contribution in [0.3, 0.4) is 0 Å². The van der Waals surface area contributed by atoms with Gasteiger partial charge in [-0.2, -0.15) is 0 Å². The van der Waals surface area contributed by atoms with E-state index in [0.29, 0.717) is 11.8 Å². The van der Waals surface area contributed by atoms with E-state index in [2.05, 4.69) is 0 Å². The topological polar surface area (TPSA) is 40.5 Å². The molecule has 0 aromatic carbocycles. The summed E-state index contributed by atoms with van der Waals surface area (Å²) >= 11 is 0. The molecule has 3 rings (SSSR count). The Balaban J connectivity index is 1.56. The lowest BCUT2D eigenvalue weighted by molar-refractivity contribution is -0.137. The molecule has 3 nitrogen and oxygen atoms in total. The van der Waals surface area contributed by atoms with E-state index in [-0.39, 0.29) is 12.5 Å². The predicted molar refractivity (Wildman–Crippen MR) is 74.6 cm³/mol. The van der Waals surface area contributed by atoms with E-state index in [1.54, 1.807) is 0 Å². The summed E-state index contributed by atoms with van der Waals surface area (Å²) in [5.74, 6) is 2.75. The molecule has 0 aromatic rings. The second-order valence-corrected chi connectivity index (χ2v) is 6.94. The molecule has 3 fully saturated rings. The van der Waals surface area contributed by atoms with E-state index in [0.717, 1.165) is 44.2 Å². The summed E-state index contributed by atoms with van der Waals surface area (Å²) in [6, 6.07) is 0. The fraction of sp³-hybridized carbons (Fsp3) is 0.938. The highest BCUT2D eigenvalue weighted by atomic mass is 16.3. The van der Waals surface area contributed by atoms with Crippen molar-refractivity contribution in [3.8, 4) is 0 Å². The van der Waals surface area contributed by atoms with Gasteiger partial charge in [-0.15, -0.1) is 0 Å². The zero-order chi connectivity index (χ0) is 13.2. The second kappa shape index (κ2) is 5.82. The Bertz CT molecular complexity index is 331. The zero-order valence-electron chi connectivity index (χ0n) is 11.9. The highest BCUT2D eigenvalue weighted by molar-refractivity contribution is 5.79. The number of rotatable bonds is 2. The molecule has 3 aliphatic rings. The first-order chi connectivity index (χ1) is 9.28. The minimum atomic E-state index is 0.235. The molecule has 4 unspecified atom stereocenters. The van der Waals surface area contributed by atoms with Crippen LogP contribution in [0.5, 0.6) is 0 Å². The first-order valence-corrected chi connectivity index (χ1v) is 8.17. The number of carbonyl (C=O) groups excluding carboxylic acids is 1. The number of nitrogens with zero attached hydrogens (tertiary/aromatic N) is 1. The minimum absolute atomic E-state index is 0.235. The van der Waals surface area contributed by atoms with Gasteiger partial charge < -0.3 is 10.0 Å². The molecule has 1 N–H and O–H groups in total. The maximum absolute atomic E-state index is 12.6. The second-order valence-electron chi connectivity index (χ2n) is 6.94. The van der Waals surface area contributed by atoms with Crippen molar-refractivity contribution in [3.63, 3.8) is 0 Å². The van der Waals surface area contributed by atoms with Crippen LogP contribution in [0.2, 0.25) is 0 Å². The molecule has 0 spiro atoms. The molecule has 1 aliphatic heterocycles. The van der Waals surface area contributed by atoms with Crippen LogP contribution in [0.4, 0.5) is 0 Å². The summed E-state index contributed by atoms with van der Waals surface area (Å²) in [6.45, 7) is 1.90. The summed E-state index contributed by atoms with van der Waals surface area (Å²) in [6.07, 6.45) is 10.1. The lowest BCUT2D eigenvalue weighted by Gasteiger charge is -2.39. The van der Waals surface area contributed by atoms with E-state index in [1.165, 1.54) is 32.1 Å². The first-order valence-electron chi connectivity index (χ1n) is 8.17. The minimum Gasteiger partial charge on any atom is -0.396 e. The summed E-state index contributed by atoms with van der Waals surface area (Å²) in [7, 11) is 0. The van der Waals surface area contributed by atoms with Gasteiger partial charge in [-0.25, -0.2) is 0 Å². The molecule has 108 valence electrons. The predicted octanol–water partition coefficient (Wildman–Crippen LogP) is 2.43. The van der Waals surface area contributed by atoms with E-state index in [4.69, 9.17) is 0 Å². The number of carbonyl (C=O) groups is 1. The first kappa shape index (κ1) is 13.4. The molecule has 19 heavy (non-hydrogen) atoms. The molecule has 2 aliphatic carbocycles. The fourth-order valence-electron chi connectivity index (χ4n) is 4.54. The molecule has 1 saturated heterocycles. The van der Waals surface area contributed by atoms with Crippen LogP contribution < -0.4 is 0 Å². The van der Waals surface area contributed by atoms with Gasteiger partial charge >= 0.3 is 0 Å². The molecular weight excluding hydrogens is 238 g/mol. The Hall–Kier alpha value is -0.570. The molecule has 0 aromatic heterocycles. The van der Waals surface area contributed by atoms with Crippen LogP contribution in [0.25, 0.3) is 0 Å². The summed E-state index contributed by atoms with van der Waals surface area (Å²) in [4.78, 5) is 14.6. The molecule has 2 saturated carbocycles. The van der Waals surface area contributed by atoms with Crippen molar-refractivity contribution in [2.75, 3.05) is 19.7 Å². The molecule has 1 amide bonds. The average Bonchev–Trinajstić information content (AvgIpc) is 2.95. The van der Waals surface area contributed by atoms with Gasteiger partial charge in [0.25, 0.3) is 0 Å². The standard InChI is InChI=1S/C16H27NO2/c18-11-12-7-8-17(10-12)16(19)15-6-5-13-3-1-2-4-14(13)9-15/h12-15,18H,1-11H2. The van der Waals surface area contributed by atoms with E-state index >= 15 is 0 Å². The van der Waals surface area contributed by atoms with Crippen LogP contribution in [0.15, 0.2) is 0 Å². The SMILES string of the molecule is O=C(C1CCC2CCCCC2C1)N1CCC(CO)C1. The third-order valence-corrected chi connectivity index (χ3v) is 5.74. The van der Waals surface area contributed by atoms with Crippen LogP contribution in [-0.2, 0) is 4.79 Å². The quantitative estimate of drug-likeness (QED) is 0.833. The van der Waals surface area contributed by atoms with Crippen molar-refractivity contribution in [1.29, 1.82) is 0 Å². The largest absolute Gasteiger partial charge is 0.396 e. The Morgan fingerprint density at radius 3 is 2.58 bits per heavy atom. The molecule has 4 atom stereocenters. The van der Waals surface area contributed by atoms with Crippen molar-refractivity contribution in [2.45, 2.75) is 51.4 Å². The van der Waals surface area contributed by atoms with Crippen molar-refractivity contribution >= 4 is 5.91 Å². The average molecular weight is 265 g/mol. The Labute approximate surface area is 116 Å². The number of aliphatic hydroxyl groups is 1. The van der Waals surface area contributed by atoms with Gasteiger partial charge in [0, 0.05) is 31.5 Å². The maximum atomic E-state index is 12.6. The van der Waals surface area contributed by atoms with Crippen molar-refractivity contribution in [1.82, 2.24) is 4.90 Å². The van der Waals surface area contributed by atoms with Gasteiger partial charge in [-0.05, 0) is 37.5 Å². The monoisotopic (exact) mass is 265 g/mol.